The van der Waals surface area contributed by atoms with Crippen molar-refractivity contribution in [2.75, 3.05) is 4.90 Å². The lowest BCUT2D eigenvalue weighted by Gasteiger charge is -2.48. The van der Waals surface area contributed by atoms with Crippen LogP contribution in [-0.2, 0) is 24.4 Å². The number of aryl methyl sites for hydroxylation is 1. The van der Waals surface area contributed by atoms with E-state index in [-0.39, 0.29) is 16.3 Å². The number of benzene rings is 2. The Bertz CT molecular complexity index is 1400. The Morgan fingerprint density at radius 2 is 1.62 bits per heavy atom. The molecule has 11 nitrogen and oxygen atoms in total. The minimum atomic E-state index is -4.46. The Hall–Kier alpha value is -3.90. The molecule has 2 fully saturated rings. The van der Waals surface area contributed by atoms with Crippen LogP contribution in [0.4, 0.5) is 11.4 Å². The first-order chi connectivity index (χ1) is 16.0. The van der Waals surface area contributed by atoms with Gasteiger partial charge in [0.15, 0.2) is 5.60 Å². The number of nitro benzene ring substituents is 1. The summed E-state index contributed by atoms with van der Waals surface area (Å²) in [5.41, 5.74) is -2.00. The Balaban J connectivity index is 1.58. The average Bonchev–Trinajstić information content (AvgIpc) is 3.07. The lowest BCUT2D eigenvalue weighted by Crippen LogP contribution is -2.69. The number of anilines is 1. The molecule has 174 valence electrons. The normalized spacial score (nSPS) is 27.9. The van der Waals surface area contributed by atoms with Crippen LogP contribution < -0.4 is 4.90 Å². The Kier molecular flexibility index (Phi) is 4.54. The summed E-state index contributed by atoms with van der Waals surface area (Å²) in [5.74, 6) is -5.79. The van der Waals surface area contributed by atoms with Gasteiger partial charge in [-0.2, -0.15) is 0 Å². The molecule has 2 aromatic rings. The van der Waals surface area contributed by atoms with Gasteiger partial charge in [0.05, 0.1) is 33.4 Å². The quantitative estimate of drug-likeness (QED) is 0.291. The minimum Gasteiger partial charge on any atom is -0.375 e. The van der Waals surface area contributed by atoms with Crippen LogP contribution in [-0.4, -0.2) is 52.1 Å². The molecule has 3 amide bonds. The predicted molar refractivity (Wildman–Crippen MR) is 116 cm³/mol. The van der Waals surface area contributed by atoms with E-state index in [2.05, 4.69) is 0 Å². The maximum atomic E-state index is 13.4. The molecule has 4 atom stereocenters. The molecule has 2 bridgehead atoms. The van der Waals surface area contributed by atoms with E-state index in [1.54, 1.807) is 19.1 Å². The number of nitrogens with zero attached hydrogens (tertiary/aromatic N) is 3. The monoisotopic (exact) mass is 483 g/mol. The summed E-state index contributed by atoms with van der Waals surface area (Å²) in [6, 6.07) is 9.03. The van der Waals surface area contributed by atoms with Crippen molar-refractivity contribution in [3.8, 4) is 0 Å². The lowest BCUT2D eigenvalue weighted by atomic mass is 9.68. The summed E-state index contributed by atoms with van der Waals surface area (Å²) in [6.45, 7) is 1.76. The van der Waals surface area contributed by atoms with Gasteiger partial charge in [0, 0.05) is 12.1 Å². The number of amides is 3. The molecular formula is C22H17N3O8S. The molecular weight excluding hydrogens is 466 g/mol. The molecule has 0 spiro atoms. The fourth-order valence-electron chi connectivity index (χ4n) is 4.78. The number of rotatable bonds is 4. The van der Waals surface area contributed by atoms with Gasteiger partial charge in [-0.3, -0.25) is 24.5 Å². The second-order valence-corrected chi connectivity index (χ2v) is 10.2. The van der Waals surface area contributed by atoms with E-state index >= 15 is 0 Å². The molecule has 2 aromatic carbocycles. The Morgan fingerprint density at radius 1 is 1.00 bits per heavy atom. The first kappa shape index (κ1) is 21.9. The standard InChI is InChI=1S/C22H17N3O8S/c1-12-2-8-15(9-3-12)34(32,33)24-16-10-11-22(29,21(24)28)18-17(16)19(26)23(20(18)27)13-4-6-14(7-5-13)25(30)31/h2-11,16-18,29H,1H3/t16-,17+,18-,22-/m1/s1. The van der Waals surface area contributed by atoms with Gasteiger partial charge in [-0.15, -0.1) is 0 Å². The highest BCUT2D eigenvalue weighted by Gasteiger charge is 2.70. The minimum absolute atomic E-state index is 0.0124. The highest BCUT2D eigenvalue weighted by Crippen LogP contribution is 2.50. The topological polar surface area (TPSA) is 155 Å². The molecule has 1 N–H and O–H groups in total. The van der Waals surface area contributed by atoms with Crippen LogP contribution >= 0.6 is 0 Å². The van der Waals surface area contributed by atoms with E-state index < -0.39 is 56.1 Å². The zero-order chi connectivity index (χ0) is 24.6. The average molecular weight is 483 g/mol. The highest BCUT2D eigenvalue weighted by molar-refractivity contribution is 7.89. The first-order valence-corrected chi connectivity index (χ1v) is 11.6. The number of nitro groups is 1. The molecule has 0 radical (unpaired) electrons. The number of carbonyl (C=O) groups excluding carboxylic acids is 3. The largest absolute Gasteiger partial charge is 0.375 e. The molecule has 0 saturated carbocycles. The number of non-ortho nitro benzene ring substituents is 1. The van der Waals surface area contributed by atoms with E-state index in [0.29, 0.717) is 4.31 Å². The third-order valence-corrected chi connectivity index (χ3v) is 8.25. The van der Waals surface area contributed by atoms with Crippen LogP contribution in [0.25, 0.3) is 0 Å². The van der Waals surface area contributed by atoms with E-state index in [1.807, 2.05) is 0 Å². The maximum absolute atomic E-state index is 13.4. The number of carbonyl (C=O) groups is 3. The molecule has 6 rings (SSSR count). The number of fused-ring (bicyclic) bond motifs is 1. The summed E-state index contributed by atoms with van der Waals surface area (Å²) in [7, 11) is -4.46. The van der Waals surface area contributed by atoms with Gasteiger partial charge in [0.2, 0.25) is 11.8 Å². The van der Waals surface area contributed by atoms with Gasteiger partial charge in [-0.25, -0.2) is 17.6 Å². The van der Waals surface area contributed by atoms with Crippen LogP contribution in [0.15, 0.2) is 65.6 Å². The van der Waals surface area contributed by atoms with Gasteiger partial charge >= 0.3 is 0 Å². The number of imide groups is 1. The molecule has 0 aromatic heterocycles. The van der Waals surface area contributed by atoms with Gasteiger partial charge in [0.25, 0.3) is 21.6 Å². The maximum Gasteiger partial charge on any atom is 0.273 e. The zero-order valence-electron chi connectivity index (χ0n) is 17.6. The zero-order valence-corrected chi connectivity index (χ0v) is 18.4. The predicted octanol–water partition coefficient (Wildman–Crippen LogP) is 0.909. The van der Waals surface area contributed by atoms with E-state index in [4.69, 9.17) is 0 Å². The number of piperidine rings is 1. The van der Waals surface area contributed by atoms with Gasteiger partial charge in [-0.1, -0.05) is 23.8 Å². The SMILES string of the molecule is Cc1ccc(S(=O)(=O)N2C(=O)[C@@]3(O)C=C[C@@H]2[C@@H]2C(=O)N(c4ccc([N+](=O)[O-])cc4)C(=O)[C@@H]23)cc1. The van der Waals surface area contributed by atoms with Crippen molar-refractivity contribution >= 4 is 39.1 Å². The van der Waals surface area contributed by atoms with Gasteiger partial charge in [0.1, 0.15) is 0 Å². The van der Waals surface area contributed by atoms with E-state index in [0.717, 1.165) is 28.7 Å². The van der Waals surface area contributed by atoms with Crippen LogP contribution in [0.5, 0.6) is 0 Å². The van der Waals surface area contributed by atoms with Crippen molar-refractivity contribution in [3.63, 3.8) is 0 Å². The summed E-state index contributed by atoms with van der Waals surface area (Å²) >= 11 is 0. The fourth-order valence-corrected chi connectivity index (χ4v) is 6.37. The number of hydrogen-bond donors (Lipinski definition) is 1. The molecule has 4 aliphatic rings. The van der Waals surface area contributed by atoms with Gasteiger partial charge in [-0.05, 0) is 37.3 Å². The highest BCUT2D eigenvalue weighted by atomic mass is 32.2. The molecule has 3 aliphatic heterocycles. The van der Waals surface area contributed by atoms with Crippen molar-refractivity contribution in [2.24, 2.45) is 11.8 Å². The number of aliphatic hydroxyl groups is 1. The fraction of sp³-hybridized carbons (Fsp3) is 0.227. The molecule has 34 heavy (non-hydrogen) atoms. The second kappa shape index (κ2) is 7.05. The van der Waals surface area contributed by atoms with Crippen molar-refractivity contribution < 1.29 is 32.8 Å². The molecule has 3 heterocycles. The van der Waals surface area contributed by atoms with E-state index in [9.17, 15) is 38.0 Å². The van der Waals surface area contributed by atoms with Crippen molar-refractivity contribution in [3.05, 3.63) is 76.4 Å². The lowest BCUT2D eigenvalue weighted by molar-refractivity contribution is -0.384. The van der Waals surface area contributed by atoms with E-state index in [1.165, 1.54) is 30.3 Å². The summed E-state index contributed by atoms with van der Waals surface area (Å²) in [6.07, 6.45) is 2.31. The molecule has 12 heteroatoms. The van der Waals surface area contributed by atoms with Crippen LogP contribution in [0.1, 0.15) is 5.56 Å². The molecule has 2 saturated heterocycles. The summed E-state index contributed by atoms with van der Waals surface area (Å²) < 4.78 is 27.2. The summed E-state index contributed by atoms with van der Waals surface area (Å²) in [4.78, 5) is 50.6. The second-order valence-electron chi connectivity index (χ2n) is 8.38. The van der Waals surface area contributed by atoms with Crippen molar-refractivity contribution in [2.45, 2.75) is 23.5 Å². The van der Waals surface area contributed by atoms with Crippen LogP contribution in [0, 0.1) is 28.9 Å². The Morgan fingerprint density at radius 3 is 2.21 bits per heavy atom. The first-order valence-electron chi connectivity index (χ1n) is 10.2. The van der Waals surface area contributed by atoms with Crippen LogP contribution in [0.3, 0.4) is 0 Å². The van der Waals surface area contributed by atoms with Crippen molar-refractivity contribution in [1.29, 1.82) is 0 Å². The Labute approximate surface area is 193 Å². The third-order valence-electron chi connectivity index (χ3n) is 6.45. The molecule has 1 aliphatic carbocycles. The molecule has 0 unspecified atom stereocenters. The van der Waals surface area contributed by atoms with Crippen LogP contribution in [0.2, 0.25) is 0 Å². The third kappa shape index (κ3) is 2.78. The number of hydrogen-bond acceptors (Lipinski definition) is 8. The summed E-state index contributed by atoms with van der Waals surface area (Å²) in [5, 5.41) is 22.1. The van der Waals surface area contributed by atoms with Crippen molar-refractivity contribution in [1.82, 2.24) is 4.31 Å². The smallest absolute Gasteiger partial charge is 0.273 e. The van der Waals surface area contributed by atoms with Gasteiger partial charge < -0.3 is 5.11 Å². The number of sulfonamides is 1.